The molecule has 0 saturated carbocycles. The second kappa shape index (κ2) is 9.61. The highest BCUT2D eigenvalue weighted by atomic mass is 16.5. The molecule has 0 amide bonds. The molecule has 0 N–H and O–H groups in total. The van der Waals surface area contributed by atoms with Crippen LogP contribution in [0.25, 0.3) is 11.0 Å². The molecule has 0 radical (unpaired) electrons. The van der Waals surface area contributed by atoms with E-state index in [4.69, 9.17) is 13.9 Å². The molecule has 3 aromatic rings. The van der Waals surface area contributed by atoms with Crippen molar-refractivity contribution in [2.24, 2.45) is 0 Å². The molecule has 0 aliphatic rings. The van der Waals surface area contributed by atoms with Crippen LogP contribution in [-0.4, -0.2) is 12.6 Å². The summed E-state index contributed by atoms with van der Waals surface area (Å²) < 4.78 is 16.4. The van der Waals surface area contributed by atoms with E-state index >= 15 is 0 Å². The summed E-state index contributed by atoms with van der Waals surface area (Å²) in [6.45, 7) is 8.78. The number of carbonyl (C=O) groups excluding carboxylic acids is 1. The molecule has 3 rings (SSSR count). The van der Waals surface area contributed by atoms with Crippen LogP contribution in [0, 0.1) is 6.92 Å². The first-order chi connectivity index (χ1) is 14.4. The van der Waals surface area contributed by atoms with E-state index < -0.39 is 5.63 Å². The number of rotatable bonds is 8. The summed E-state index contributed by atoms with van der Waals surface area (Å²) in [5.74, 6) is 0.803. The lowest BCUT2D eigenvalue weighted by Gasteiger charge is -2.13. The van der Waals surface area contributed by atoms with E-state index in [2.05, 4.69) is 13.8 Å². The molecule has 0 spiro atoms. The first-order valence-corrected chi connectivity index (χ1v) is 10.3. The van der Waals surface area contributed by atoms with E-state index in [1.807, 2.05) is 50.2 Å². The Morgan fingerprint density at radius 1 is 1.10 bits per heavy atom. The van der Waals surface area contributed by atoms with E-state index in [1.165, 1.54) is 11.6 Å². The zero-order chi connectivity index (χ0) is 21.7. The lowest BCUT2D eigenvalue weighted by Crippen LogP contribution is -2.09. The molecule has 0 saturated heterocycles. The fraction of sp³-hybridized carbons (Fsp3) is 0.360. The van der Waals surface area contributed by atoms with Crippen LogP contribution in [0.1, 0.15) is 55.4 Å². The topological polar surface area (TPSA) is 65.7 Å². The van der Waals surface area contributed by atoms with Crippen molar-refractivity contribution in [2.75, 3.05) is 6.61 Å². The van der Waals surface area contributed by atoms with E-state index in [0.29, 0.717) is 30.1 Å². The van der Waals surface area contributed by atoms with Gasteiger partial charge >= 0.3 is 11.6 Å². The van der Waals surface area contributed by atoms with Gasteiger partial charge in [0, 0.05) is 23.4 Å². The quantitative estimate of drug-likeness (QED) is 0.374. The molecule has 0 fully saturated rings. The van der Waals surface area contributed by atoms with Gasteiger partial charge in [0.2, 0.25) is 0 Å². The Kier molecular flexibility index (Phi) is 6.93. The Labute approximate surface area is 176 Å². The highest BCUT2D eigenvalue weighted by Gasteiger charge is 2.13. The molecule has 1 heterocycles. The Morgan fingerprint density at radius 2 is 1.87 bits per heavy atom. The molecule has 0 aliphatic heterocycles. The van der Waals surface area contributed by atoms with Crippen LogP contribution in [0.15, 0.2) is 51.7 Å². The van der Waals surface area contributed by atoms with E-state index in [0.717, 1.165) is 22.3 Å². The van der Waals surface area contributed by atoms with Crippen LogP contribution in [0.5, 0.6) is 5.75 Å². The van der Waals surface area contributed by atoms with Gasteiger partial charge in [-0.2, -0.15) is 0 Å². The molecule has 5 heteroatoms. The first kappa shape index (κ1) is 21.6. The van der Waals surface area contributed by atoms with Crippen molar-refractivity contribution in [3.63, 3.8) is 0 Å². The molecule has 5 nitrogen and oxygen atoms in total. The van der Waals surface area contributed by atoms with Gasteiger partial charge in [-0.25, -0.2) is 4.79 Å². The van der Waals surface area contributed by atoms with Gasteiger partial charge in [-0.15, -0.1) is 0 Å². The minimum atomic E-state index is -0.448. The Balaban J connectivity index is 1.73. The molecule has 30 heavy (non-hydrogen) atoms. The van der Waals surface area contributed by atoms with Gasteiger partial charge in [0.05, 0.1) is 6.61 Å². The fourth-order valence-electron chi connectivity index (χ4n) is 3.61. The number of fused-ring (bicyclic) bond motifs is 1. The van der Waals surface area contributed by atoms with Crippen molar-refractivity contribution in [1.82, 2.24) is 0 Å². The second-order valence-electron chi connectivity index (χ2n) is 7.65. The number of ether oxygens (including phenoxy) is 2. The lowest BCUT2D eigenvalue weighted by molar-refractivity contribution is -0.144. The van der Waals surface area contributed by atoms with Gasteiger partial charge in [0.15, 0.2) is 0 Å². The maximum Gasteiger partial charge on any atom is 0.336 e. The summed E-state index contributed by atoms with van der Waals surface area (Å²) >= 11 is 0. The number of aryl methyl sites for hydroxylation is 2. The zero-order valence-corrected chi connectivity index (χ0v) is 18.0. The number of carbonyl (C=O) groups is 1. The van der Waals surface area contributed by atoms with Crippen LogP contribution >= 0.6 is 0 Å². The number of esters is 1. The number of para-hydroxylation sites is 1. The van der Waals surface area contributed by atoms with E-state index in [9.17, 15) is 9.59 Å². The van der Waals surface area contributed by atoms with E-state index in [-0.39, 0.29) is 19.0 Å². The lowest BCUT2D eigenvalue weighted by atomic mass is 9.95. The Morgan fingerprint density at radius 3 is 2.60 bits per heavy atom. The monoisotopic (exact) mass is 408 g/mol. The van der Waals surface area contributed by atoms with Gasteiger partial charge in [0.1, 0.15) is 17.9 Å². The largest absolute Gasteiger partial charge is 0.494 e. The van der Waals surface area contributed by atoms with Crippen molar-refractivity contribution in [1.29, 1.82) is 0 Å². The molecule has 2 aromatic carbocycles. The standard InChI is InChI=1S/C25H28O5/c1-5-28-22-9-7-6-8-18(22)10-11-24(26)29-15-19-13-25(27)30-23-12-17(4)20(16(2)3)14-21(19)23/h6-9,12-14,16H,5,10-11,15H2,1-4H3. The highest BCUT2D eigenvalue weighted by Crippen LogP contribution is 2.27. The van der Waals surface area contributed by atoms with E-state index in [1.54, 1.807) is 0 Å². The van der Waals surface area contributed by atoms with Crippen LogP contribution < -0.4 is 10.4 Å². The average molecular weight is 408 g/mol. The molecule has 0 atom stereocenters. The average Bonchev–Trinajstić information content (AvgIpc) is 2.70. The predicted molar refractivity (Wildman–Crippen MR) is 117 cm³/mol. The van der Waals surface area contributed by atoms with Crippen molar-refractivity contribution in [3.05, 3.63) is 75.1 Å². The molecule has 0 unspecified atom stereocenters. The maximum atomic E-state index is 12.3. The third kappa shape index (κ3) is 5.09. The molecule has 158 valence electrons. The SMILES string of the molecule is CCOc1ccccc1CCC(=O)OCc1cc(=O)oc2cc(C)c(C(C)C)cc12. The maximum absolute atomic E-state index is 12.3. The van der Waals surface area contributed by atoms with Crippen LogP contribution in [0.2, 0.25) is 0 Å². The third-order valence-electron chi connectivity index (χ3n) is 5.10. The normalized spacial score (nSPS) is 11.1. The first-order valence-electron chi connectivity index (χ1n) is 10.3. The molecule has 0 bridgehead atoms. The van der Waals surface area contributed by atoms with Crippen molar-refractivity contribution >= 4 is 16.9 Å². The van der Waals surface area contributed by atoms with Crippen LogP contribution in [0.4, 0.5) is 0 Å². The van der Waals surface area contributed by atoms with Gasteiger partial charge in [0.25, 0.3) is 0 Å². The second-order valence-corrected chi connectivity index (χ2v) is 7.65. The smallest absolute Gasteiger partial charge is 0.336 e. The molecular formula is C25H28O5. The molecule has 1 aromatic heterocycles. The highest BCUT2D eigenvalue weighted by molar-refractivity contribution is 5.82. The minimum Gasteiger partial charge on any atom is -0.494 e. The van der Waals surface area contributed by atoms with Gasteiger partial charge in [-0.05, 0) is 61.1 Å². The van der Waals surface area contributed by atoms with Gasteiger partial charge in [-0.1, -0.05) is 32.0 Å². The summed E-state index contributed by atoms with van der Waals surface area (Å²) in [6.07, 6.45) is 0.767. The minimum absolute atomic E-state index is 0.0363. The number of benzene rings is 2. The predicted octanol–water partition coefficient (Wildman–Crippen LogP) is 5.30. The van der Waals surface area contributed by atoms with Crippen molar-refractivity contribution in [2.45, 2.75) is 53.1 Å². The number of hydrogen-bond acceptors (Lipinski definition) is 5. The zero-order valence-electron chi connectivity index (χ0n) is 18.0. The molecular weight excluding hydrogens is 380 g/mol. The fourth-order valence-corrected chi connectivity index (χ4v) is 3.61. The Bertz CT molecular complexity index is 1090. The summed E-state index contributed by atoms with van der Waals surface area (Å²) in [5, 5.41) is 0.804. The summed E-state index contributed by atoms with van der Waals surface area (Å²) in [4.78, 5) is 24.3. The van der Waals surface area contributed by atoms with Gasteiger partial charge in [-0.3, -0.25) is 4.79 Å². The van der Waals surface area contributed by atoms with Crippen molar-refractivity contribution in [3.8, 4) is 5.75 Å². The third-order valence-corrected chi connectivity index (χ3v) is 5.10. The summed E-state index contributed by atoms with van der Waals surface area (Å²) in [6, 6.07) is 13.0. The van der Waals surface area contributed by atoms with Crippen molar-refractivity contribution < 1.29 is 18.7 Å². The summed E-state index contributed by atoms with van der Waals surface area (Å²) in [7, 11) is 0. The van der Waals surface area contributed by atoms with Crippen LogP contribution in [-0.2, 0) is 22.6 Å². The summed E-state index contributed by atoms with van der Waals surface area (Å²) in [5.41, 5.74) is 3.95. The van der Waals surface area contributed by atoms with Crippen LogP contribution in [0.3, 0.4) is 0 Å². The van der Waals surface area contributed by atoms with Gasteiger partial charge < -0.3 is 13.9 Å². The number of hydrogen-bond donors (Lipinski definition) is 0. The molecule has 0 aliphatic carbocycles. The Hall–Kier alpha value is -3.08.